The van der Waals surface area contributed by atoms with Crippen LogP contribution in [0.5, 0.6) is 0 Å². The van der Waals surface area contributed by atoms with E-state index >= 15 is 0 Å². The van der Waals surface area contributed by atoms with Gasteiger partial charge < -0.3 is 5.11 Å². The normalized spacial score (nSPS) is 22.3. The summed E-state index contributed by atoms with van der Waals surface area (Å²) in [6.07, 6.45) is 1.71. The molecule has 1 fully saturated rings. The van der Waals surface area contributed by atoms with Gasteiger partial charge in [0.05, 0.1) is 6.61 Å². The Kier molecular flexibility index (Phi) is 5.51. The van der Waals surface area contributed by atoms with Crippen LogP contribution in [0.4, 0.5) is 0 Å². The molecule has 0 bridgehead atoms. The molecule has 0 aromatic heterocycles. The highest BCUT2D eigenvalue weighted by atomic mass is 32.2. The third-order valence-electron chi connectivity index (χ3n) is 2.63. The summed E-state index contributed by atoms with van der Waals surface area (Å²) in [6, 6.07) is -1.00. The maximum absolute atomic E-state index is 11.9. The van der Waals surface area contributed by atoms with Gasteiger partial charge in [0.25, 0.3) is 0 Å². The first-order valence-corrected chi connectivity index (χ1v) is 7.41. The molecule has 8 heteroatoms. The Labute approximate surface area is 107 Å². The molecule has 0 amide bonds. The number of piperidine rings is 1. The molecule has 1 heterocycles. The van der Waals surface area contributed by atoms with E-state index in [4.69, 9.17) is 9.94 Å². The van der Waals surface area contributed by atoms with Gasteiger partial charge in [0, 0.05) is 6.54 Å². The summed E-state index contributed by atoms with van der Waals surface area (Å²) in [6.45, 7) is 4.21. The van der Waals surface area contributed by atoms with E-state index in [1.165, 1.54) is 0 Å². The standard InChI is InChI=1S/C10H20N2O5S/c1-8(2)7-17-11-18(15,16)12-6-4-3-5-9(12)10(13)14/h8-9,11H,3-7H2,1-2H3,(H,13,14). The number of nitrogens with zero attached hydrogens (tertiary/aromatic N) is 1. The summed E-state index contributed by atoms with van der Waals surface area (Å²) >= 11 is 0. The van der Waals surface area contributed by atoms with Crippen molar-refractivity contribution < 1.29 is 23.2 Å². The number of hydrogen-bond acceptors (Lipinski definition) is 4. The van der Waals surface area contributed by atoms with E-state index in [0.29, 0.717) is 12.8 Å². The predicted octanol–water partition coefficient (Wildman–Crippen LogP) is 0.348. The fourth-order valence-electron chi connectivity index (χ4n) is 1.76. The van der Waals surface area contributed by atoms with Gasteiger partial charge in [-0.1, -0.05) is 18.7 Å². The Morgan fingerprint density at radius 2 is 2.17 bits per heavy atom. The van der Waals surface area contributed by atoms with Crippen molar-refractivity contribution in [2.75, 3.05) is 13.2 Å². The van der Waals surface area contributed by atoms with Crippen LogP contribution in [0.1, 0.15) is 33.1 Å². The predicted molar refractivity (Wildman–Crippen MR) is 64.8 cm³/mol. The van der Waals surface area contributed by atoms with Crippen molar-refractivity contribution in [2.24, 2.45) is 5.92 Å². The maximum atomic E-state index is 11.9. The van der Waals surface area contributed by atoms with Gasteiger partial charge in [-0.2, -0.15) is 12.7 Å². The van der Waals surface area contributed by atoms with Gasteiger partial charge in [0.15, 0.2) is 0 Å². The van der Waals surface area contributed by atoms with Gasteiger partial charge >= 0.3 is 16.2 Å². The molecule has 0 aliphatic carbocycles. The topological polar surface area (TPSA) is 95.9 Å². The minimum atomic E-state index is -3.89. The Balaban J connectivity index is 2.66. The van der Waals surface area contributed by atoms with Crippen LogP contribution in [0.2, 0.25) is 0 Å². The second-order valence-corrected chi connectivity index (χ2v) is 6.34. The average Bonchev–Trinajstić information content (AvgIpc) is 2.28. The van der Waals surface area contributed by atoms with Crippen molar-refractivity contribution in [3.63, 3.8) is 0 Å². The maximum Gasteiger partial charge on any atom is 0.322 e. The van der Waals surface area contributed by atoms with E-state index < -0.39 is 22.2 Å². The fraction of sp³-hybridized carbons (Fsp3) is 0.900. The number of aliphatic carboxylic acids is 1. The third-order valence-corrected chi connectivity index (χ3v) is 4.01. The van der Waals surface area contributed by atoms with Crippen molar-refractivity contribution in [3.8, 4) is 0 Å². The van der Waals surface area contributed by atoms with Crippen LogP contribution in [0.3, 0.4) is 0 Å². The van der Waals surface area contributed by atoms with Crippen molar-refractivity contribution in [1.29, 1.82) is 0 Å². The largest absolute Gasteiger partial charge is 0.480 e. The molecule has 0 spiro atoms. The highest BCUT2D eigenvalue weighted by Crippen LogP contribution is 2.19. The van der Waals surface area contributed by atoms with E-state index in [2.05, 4.69) is 0 Å². The monoisotopic (exact) mass is 280 g/mol. The number of carboxylic acids is 1. The number of rotatable bonds is 6. The van der Waals surface area contributed by atoms with Crippen LogP contribution in [0.25, 0.3) is 0 Å². The molecule has 18 heavy (non-hydrogen) atoms. The third kappa shape index (κ3) is 4.20. The Bertz CT molecular complexity index is 382. The van der Waals surface area contributed by atoms with Gasteiger partial charge in [-0.05, 0) is 25.2 Å². The highest BCUT2D eigenvalue weighted by molar-refractivity contribution is 7.87. The van der Waals surface area contributed by atoms with Gasteiger partial charge in [-0.3, -0.25) is 9.63 Å². The van der Waals surface area contributed by atoms with E-state index in [0.717, 1.165) is 10.7 Å². The van der Waals surface area contributed by atoms with Gasteiger partial charge in [0.1, 0.15) is 6.04 Å². The summed E-state index contributed by atoms with van der Waals surface area (Å²) < 4.78 is 24.8. The Morgan fingerprint density at radius 1 is 1.50 bits per heavy atom. The van der Waals surface area contributed by atoms with Crippen LogP contribution < -0.4 is 4.89 Å². The van der Waals surface area contributed by atoms with Crippen molar-refractivity contribution in [3.05, 3.63) is 0 Å². The second-order valence-electron chi connectivity index (χ2n) is 4.75. The van der Waals surface area contributed by atoms with Crippen molar-refractivity contribution >= 4 is 16.2 Å². The quantitative estimate of drug-likeness (QED) is 0.684. The van der Waals surface area contributed by atoms with E-state index in [9.17, 15) is 13.2 Å². The van der Waals surface area contributed by atoms with E-state index in [1.54, 1.807) is 0 Å². The molecule has 1 saturated heterocycles. The number of carboxylic acid groups (broad SMARTS) is 1. The minimum Gasteiger partial charge on any atom is -0.480 e. The zero-order valence-corrected chi connectivity index (χ0v) is 11.4. The smallest absolute Gasteiger partial charge is 0.322 e. The van der Waals surface area contributed by atoms with Crippen LogP contribution in [-0.4, -0.2) is 43.0 Å². The lowest BCUT2D eigenvalue weighted by molar-refractivity contribution is -0.142. The molecule has 1 unspecified atom stereocenters. The summed E-state index contributed by atoms with van der Waals surface area (Å²) in [5.41, 5.74) is 0. The molecular formula is C10H20N2O5S. The first kappa shape index (κ1) is 15.4. The van der Waals surface area contributed by atoms with Crippen LogP contribution in [0, 0.1) is 5.92 Å². The first-order valence-electron chi connectivity index (χ1n) is 5.97. The molecule has 106 valence electrons. The number of carbonyl (C=O) groups is 1. The average molecular weight is 280 g/mol. The van der Waals surface area contributed by atoms with E-state index in [1.807, 2.05) is 18.7 Å². The summed E-state index contributed by atoms with van der Waals surface area (Å²) in [5.74, 6) is -0.937. The molecule has 0 radical (unpaired) electrons. The van der Waals surface area contributed by atoms with Crippen LogP contribution >= 0.6 is 0 Å². The Morgan fingerprint density at radius 3 is 2.72 bits per heavy atom. The number of hydrogen-bond donors (Lipinski definition) is 2. The molecule has 1 aliphatic heterocycles. The van der Waals surface area contributed by atoms with Gasteiger partial charge in [-0.15, -0.1) is 0 Å². The lowest BCUT2D eigenvalue weighted by Gasteiger charge is -2.31. The number of nitrogens with one attached hydrogen (secondary N) is 1. The Hall–Kier alpha value is -0.700. The molecule has 7 nitrogen and oxygen atoms in total. The molecule has 0 saturated carbocycles. The molecule has 1 rings (SSSR count). The van der Waals surface area contributed by atoms with Gasteiger partial charge in [-0.25, -0.2) is 0 Å². The molecule has 1 atom stereocenters. The molecule has 0 aromatic rings. The second kappa shape index (κ2) is 6.46. The van der Waals surface area contributed by atoms with Crippen LogP contribution in [0.15, 0.2) is 0 Å². The first-order chi connectivity index (χ1) is 8.34. The summed E-state index contributed by atoms with van der Waals surface area (Å²) in [5, 5.41) is 9.01. The zero-order valence-electron chi connectivity index (χ0n) is 10.6. The summed E-state index contributed by atoms with van der Waals surface area (Å²) in [7, 11) is -3.89. The minimum absolute atomic E-state index is 0.185. The van der Waals surface area contributed by atoms with Crippen LogP contribution in [-0.2, 0) is 19.8 Å². The molecule has 0 aromatic carbocycles. The SMILES string of the molecule is CC(C)CONS(=O)(=O)N1CCCCC1C(=O)O. The lowest BCUT2D eigenvalue weighted by Crippen LogP contribution is -2.52. The highest BCUT2D eigenvalue weighted by Gasteiger charge is 2.36. The van der Waals surface area contributed by atoms with Crippen molar-refractivity contribution in [2.45, 2.75) is 39.2 Å². The zero-order chi connectivity index (χ0) is 13.8. The molecule has 1 aliphatic rings. The lowest BCUT2D eigenvalue weighted by atomic mass is 10.1. The van der Waals surface area contributed by atoms with Crippen molar-refractivity contribution in [1.82, 2.24) is 9.19 Å². The van der Waals surface area contributed by atoms with E-state index in [-0.39, 0.29) is 19.1 Å². The summed E-state index contributed by atoms with van der Waals surface area (Å²) in [4.78, 5) is 17.9. The fourth-order valence-corrected chi connectivity index (χ4v) is 2.98. The molecular weight excluding hydrogens is 260 g/mol. The van der Waals surface area contributed by atoms with Gasteiger partial charge in [0.2, 0.25) is 0 Å². The molecule has 2 N–H and O–H groups in total.